The molecule has 124 valence electrons. The summed E-state index contributed by atoms with van der Waals surface area (Å²) in [6.45, 7) is 2.29. The number of halogens is 1. The van der Waals surface area contributed by atoms with Crippen LogP contribution in [0.25, 0.3) is 0 Å². The molecule has 0 radical (unpaired) electrons. The summed E-state index contributed by atoms with van der Waals surface area (Å²) < 4.78 is 0. The summed E-state index contributed by atoms with van der Waals surface area (Å²) in [5.41, 5.74) is 0. The highest BCUT2D eigenvalue weighted by Crippen LogP contribution is 2.13. The summed E-state index contributed by atoms with van der Waals surface area (Å²) in [5, 5.41) is 1.19. The van der Waals surface area contributed by atoms with Crippen LogP contribution < -0.4 is 0 Å². The first kappa shape index (κ1) is 22.8. The predicted octanol–water partition coefficient (Wildman–Crippen LogP) is 8.28. The van der Waals surface area contributed by atoms with Crippen molar-refractivity contribution in [3.63, 3.8) is 0 Å². The van der Waals surface area contributed by atoms with Gasteiger partial charge >= 0.3 is 0 Å². The number of alkyl halides is 1. The topological polar surface area (TPSA) is 0 Å². The number of hydrogen-bond donors (Lipinski definition) is 0. The van der Waals surface area contributed by atoms with Gasteiger partial charge in [-0.05, 0) is 6.42 Å². The SMILES string of the molecule is C.CCCCCCCCCCCCCCCCCCBr. The summed E-state index contributed by atoms with van der Waals surface area (Å²) in [5.74, 6) is 0. The average molecular weight is 349 g/mol. The van der Waals surface area contributed by atoms with Crippen LogP contribution in [0, 0.1) is 0 Å². The summed E-state index contributed by atoms with van der Waals surface area (Å²) in [4.78, 5) is 0. The molecule has 0 atom stereocenters. The predicted molar refractivity (Wildman–Crippen MR) is 100 cm³/mol. The molecule has 0 rings (SSSR count). The Bertz CT molecular complexity index is 129. The molecule has 0 spiro atoms. The Hall–Kier alpha value is 0.480. The fourth-order valence-corrected chi connectivity index (χ4v) is 3.04. The zero-order valence-corrected chi connectivity index (χ0v) is 15.0. The molecular formula is C19H41Br. The van der Waals surface area contributed by atoms with Gasteiger partial charge in [-0.3, -0.25) is 0 Å². The van der Waals surface area contributed by atoms with Gasteiger partial charge in [0.25, 0.3) is 0 Å². The van der Waals surface area contributed by atoms with Crippen molar-refractivity contribution >= 4 is 15.9 Å². The quantitative estimate of drug-likeness (QED) is 0.194. The Balaban J connectivity index is 0. The maximum atomic E-state index is 3.49. The lowest BCUT2D eigenvalue weighted by atomic mass is 10.0. The van der Waals surface area contributed by atoms with Gasteiger partial charge < -0.3 is 0 Å². The van der Waals surface area contributed by atoms with E-state index < -0.39 is 0 Å². The molecule has 0 N–H and O–H groups in total. The molecule has 0 saturated heterocycles. The molecule has 0 aliphatic rings. The fourth-order valence-electron chi connectivity index (χ4n) is 2.64. The van der Waals surface area contributed by atoms with E-state index in [0.29, 0.717) is 0 Å². The summed E-state index contributed by atoms with van der Waals surface area (Å²) in [6, 6.07) is 0. The first-order valence-corrected chi connectivity index (χ1v) is 10.1. The van der Waals surface area contributed by atoms with Crippen LogP contribution in [0.2, 0.25) is 0 Å². The van der Waals surface area contributed by atoms with Gasteiger partial charge in [-0.15, -0.1) is 0 Å². The zero-order valence-electron chi connectivity index (χ0n) is 13.4. The number of hydrogen-bond acceptors (Lipinski definition) is 0. The molecule has 0 aromatic rings. The van der Waals surface area contributed by atoms with Crippen molar-refractivity contribution in [3.8, 4) is 0 Å². The zero-order chi connectivity index (χ0) is 14.0. The van der Waals surface area contributed by atoms with Crippen molar-refractivity contribution < 1.29 is 0 Å². The van der Waals surface area contributed by atoms with Crippen molar-refractivity contribution in [1.29, 1.82) is 0 Å². The van der Waals surface area contributed by atoms with E-state index in [0.717, 1.165) is 0 Å². The smallest absolute Gasteiger partial charge is 0.00313 e. The molecule has 0 nitrogen and oxygen atoms in total. The van der Waals surface area contributed by atoms with Crippen LogP contribution in [0.3, 0.4) is 0 Å². The van der Waals surface area contributed by atoms with E-state index in [2.05, 4.69) is 22.9 Å². The Morgan fingerprint density at radius 3 is 0.950 bits per heavy atom. The summed E-state index contributed by atoms with van der Waals surface area (Å²) in [7, 11) is 0. The van der Waals surface area contributed by atoms with E-state index in [-0.39, 0.29) is 7.43 Å². The monoisotopic (exact) mass is 348 g/mol. The minimum absolute atomic E-state index is 0. The number of rotatable bonds is 16. The van der Waals surface area contributed by atoms with Gasteiger partial charge in [0.05, 0.1) is 0 Å². The van der Waals surface area contributed by atoms with Crippen LogP contribution in [-0.4, -0.2) is 5.33 Å². The third kappa shape index (κ3) is 20.8. The van der Waals surface area contributed by atoms with Crippen LogP contribution >= 0.6 is 15.9 Å². The van der Waals surface area contributed by atoms with Gasteiger partial charge in [-0.25, -0.2) is 0 Å². The van der Waals surface area contributed by atoms with E-state index in [1.807, 2.05) is 0 Å². The van der Waals surface area contributed by atoms with Crippen LogP contribution in [0.1, 0.15) is 117 Å². The summed E-state index contributed by atoms with van der Waals surface area (Å²) in [6.07, 6.45) is 23.3. The van der Waals surface area contributed by atoms with Crippen LogP contribution in [0.5, 0.6) is 0 Å². The van der Waals surface area contributed by atoms with E-state index in [9.17, 15) is 0 Å². The standard InChI is InChI=1S/C18H37Br.CH4/c1-2-3-4-5-6-7-8-9-10-11-12-13-14-15-16-17-18-19;/h2-18H2,1H3;1H4. The third-order valence-corrected chi connectivity index (χ3v) is 4.55. The third-order valence-electron chi connectivity index (χ3n) is 3.99. The minimum Gasteiger partial charge on any atom is -0.0928 e. The molecule has 0 aromatic heterocycles. The van der Waals surface area contributed by atoms with Crippen molar-refractivity contribution in [1.82, 2.24) is 0 Å². The van der Waals surface area contributed by atoms with Gasteiger partial charge in [0.15, 0.2) is 0 Å². The lowest BCUT2D eigenvalue weighted by molar-refractivity contribution is 0.532. The van der Waals surface area contributed by atoms with Gasteiger partial charge in [0.2, 0.25) is 0 Å². The van der Waals surface area contributed by atoms with Crippen molar-refractivity contribution in [2.75, 3.05) is 5.33 Å². The first-order valence-electron chi connectivity index (χ1n) is 8.97. The van der Waals surface area contributed by atoms with Crippen molar-refractivity contribution in [2.24, 2.45) is 0 Å². The maximum absolute atomic E-state index is 3.49. The normalized spacial score (nSPS) is 10.5. The Kier molecular flexibility index (Phi) is 24.8. The van der Waals surface area contributed by atoms with E-state index in [1.54, 1.807) is 0 Å². The molecule has 0 bridgehead atoms. The van der Waals surface area contributed by atoms with Gasteiger partial charge in [0, 0.05) is 5.33 Å². The van der Waals surface area contributed by atoms with Gasteiger partial charge in [-0.2, -0.15) is 0 Å². The first-order chi connectivity index (χ1) is 9.41. The Morgan fingerprint density at radius 1 is 0.450 bits per heavy atom. The lowest BCUT2D eigenvalue weighted by Gasteiger charge is -2.03. The molecule has 0 aromatic carbocycles. The highest BCUT2D eigenvalue weighted by molar-refractivity contribution is 9.09. The molecule has 0 aliphatic heterocycles. The molecular weight excluding hydrogens is 308 g/mol. The molecule has 20 heavy (non-hydrogen) atoms. The molecule has 1 heteroatoms. The Morgan fingerprint density at radius 2 is 0.700 bits per heavy atom. The Labute approximate surface area is 138 Å². The molecule has 0 heterocycles. The van der Waals surface area contributed by atoms with Crippen LogP contribution in [-0.2, 0) is 0 Å². The van der Waals surface area contributed by atoms with Crippen LogP contribution in [0.15, 0.2) is 0 Å². The fraction of sp³-hybridized carbons (Fsp3) is 1.00. The van der Waals surface area contributed by atoms with E-state index >= 15 is 0 Å². The maximum Gasteiger partial charge on any atom is 0.00313 e. The van der Waals surface area contributed by atoms with Crippen LogP contribution in [0.4, 0.5) is 0 Å². The number of unbranched alkanes of at least 4 members (excludes halogenated alkanes) is 15. The minimum atomic E-state index is 0. The molecule has 0 fully saturated rings. The summed E-state index contributed by atoms with van der Waals surface area (Å²) >= 11 is 3.49. The molecule has 0 amide bonds. The second kappa shape index (κ2) is 21.8. The largest absolute Gasteiger partial charge is 0.0928 e. The van der Waals surface area contributed by atoms with E-state index in [4.69, 9.17) is 0 Å². The highest BCUT2D eigenvalue weighted by Gasteiger charge is 1.94. The molecule has 0 saturated carbocycles. The van der Waals surface area contributed by atoms with Crippen molar-refractivity contribution in [2.45, 2.75) is 117 Å². The van der Waals surface area contributed by atoms with Crippen molar-refractivity contribution in [3.05, 3.63) is 0 Å². The second-order valence-corrected chi connectivity index (χ2v) is 6.79. The van der Waals surface area contributed by atoms with Gasteiger partial charge in [0.1, 0.15) is 0 Å². The second-order valence-electron chi connectivity index (χ2n) is 5.99. The van der Waals surface area contributed by atoms with E-state index in [1.165, 1.54) is 108 Å². The molecule has 0 unspecified atom stereocenters. The average Bonchev–Trinajstić information content (AvgIpc) is 2.43. The molecule has 0 aliphatic carbocycles. The highest BCUT2D eigenvalue weighted by atomic mass is 79.9. The lowest BCUT2D eigenvalue weighted by Crippen LogP contribution is -1.83. The van der Waals surface area contributed by atoms with Gasteiger partial charge in [-0.1, -0.05) is 127 Å².